The summed E-state index contributed by atoms with van der Waals surface area (Å²) in [6, 6.07) is 7.99. The average molecular weight is 482 g/mol. The number of aliphatic hydroxyl groups excluding tert-OH is 2. The Morgan fingerprint density at radius 1 is 0.853 bits per heavy atom. The van der Waals surface area contributed by atoms with Crippen LogP contribution in [0.15, 0.2) is 42.5 Å². The Bertz CT molecular complexity index is 1110. The second kappa shape index (κ2) is 9.69. The summed E-state index contributed by atoms with van der Waals surface area (Å²) in [4.78, 5) is 36.0. The van der Waals surface area contributed by atoms with E-state index >= 15 is 0 Å². The number of carboxylic acid groups (broad SMARTS) is 2. The van der Waals surface area contributed by atoms with Crippen molar-refractivity contribution in [2.45, 2.75) is 31.2 Å². The molecule has 0 spiro atoms. The maximum atomic E-state index is 13.3. The van der Waals surface area contributed by atoms with Crippen LogP contribution in [-0.2, 0) is 15.8 Å². The van der Waals surface area contributed by atoms with E-state index in [2.05, 4.69) is 10.6 Å². The smallest absolute Gasteiger partial charge is 0.416 e. The number of alkyl halides is 3. The number of aliphatic carboxylic acids is 1. The molecule has 2 aromatic carbocycles. The van der Waals surface area contributed by atoms with E-state index in [1.165, 1.54) is 24.3 Å². The zero-order chi connectivity index (χ0) is 25.2. The van der Waals surface area contributed by atoms with Crippen LogP contribution in [0.1, 0.15) is 28.8 Å². The van der Waals surface area contributed by atoms with Gasteiger partial charge in [-0.25, -0.2) is 4.79 Å². The van der Waals surface area contributed by atoms with E-state index in [0.29, 0.717) is 6.07 Å². The van der Waals surface area contributed by atoms with Crippen LogP contribution in [0.3, 0.4) is 0 Å². The number of halogens is 3. The lowest BCUT2D eigenvalue weighted by Crippen LogP contribution is -2.46. The first-order valence-electron chi connectivity index (χ1n) is 10.1. The summed E-state index contributed by atoms with van der Waals surface area (Å²) in [6.07, 6.45) is -8.32. The number of aliphatic hydroxyl groups is 2. The zero-order valence-corrected chi connectivity index (χ0v) is 17.4. The molecule has 1 amide bonds. The lowest BCUT2D eigenvalue weighted by molar-refractivity contribution is -0.153. The van der Waals surface area contributed by atoms with Gasteiger partial charge in [0.05, 0.1) is 52.2 Å². The predicted molar refractivity (Wildman–Crippen MR) is 113 cm³/mol. The first-order chi connectivity index (χ1) is 15.9. The quantitative estimate of drug-likeness (QED) is 0.367. The van der Waals surface area contributed by atoms with E-state index in [9.17, 15) is 48.0 Å². The van der Waals surface area contributed by atoms with Crippen molar-refractivity contribution in [3.05, 3.63) is 53.6 Å². The molecule has 12 heteroatoms. The van der Waals surface area contributed by atoms with Crippen molar-refractivity contribution in [2.75, 3.05) is 10.6 Å². The van der Waals surface area contributed by atoms with Crippen LogP contribution in [0.5, 0.6) is 0 Å². The van der Waals surface area contributed by atoms with Gasteiger partial charge in [0.25, 0.3) is 0 Å². The molecule has 0 bridgehead atoms. The molecule has 1 fully saturated rings. The van der Waals surface area contributed by atoms with Gasteiger partial charge in [-0.05, 0) is 43.2 Å². The number of para-hydroxylation sites is 1. The molecule has 6 N–H and O–H groups in total. The number of carbonyl (C=O) groups is 3. The fourth-order valence-electron chi connectivity index (χ4n) is 3.81. The van der Waals surface area contributed by atoms with Crippen LogP contribution in [-0.4, -0.2) is 50.5 Å². The van der Waals surface area contributed by atoms with Crippen LogP contribution in [0, 0.1) is 11.8 Å². The summed E-state index contributed by atoms with van der Waals surface area (Å²) in [6.45, 7) is 0. The minimum absolute atomic E-state index is 0.0462. The molecule has 0 saturated heterocycles. The molecule has 4 atom stereocenters. The second-order valence-corrected chi connectivity index (χ2v) is 7.88. The van der Waals surface area contributed by atoms with E-state index in [1.54, 1.807) is 0 Å². The van der Waals surface area contributed by atoms with Gasteiger partial charge in [-0.2, -0.15) is 13.2 Å². The third-order valence-electron chi connectivity index (χ3n) is 5.61. The van der Waals surface area contributed by atoms with Gasteiger partial charge in [0, 0.05) is 0 Å². The number of aromatic carboxylic acids is 1. The minimum atomic E-state index is -4.76. The Balaban J connectivity index is 1.98. The zero-order valence-electron chi connectivity index (χ0n) is 17.4. The molecule has 0 radical (unpaired) electrons. The van der Waals surface area contributed by atoms with Crippen molar-refractivity contribution in [2.24, 2.45) is 11.8 Å². The van der Waals surface area contributed by atoms with E-state index in [0.717, 1.165) is 12.1 Å². The molecule has 2 aromatic rings. The molecule has 2 unspecified atom stereocenters. The molecule has 3 rings (SSSR count). The summed E-state index contributed by atoms with van der Waals surface area (Å²) in [5.41, 5.74) is -1.67. The van der Waals surface area contributed by atoms with Gasteiger partial charge in [-0.15, -0.1) is 0 Å². The molecule has 0 aromatic heterocycles. The van der Waals surface area contributed by atoms with E-state index in [1.807, 2.05) is 0 Å². The third-order valence-corrected chi connectivity index (χ3v) is 5.61. The van der Waals surface area contributed by atoms with Crippen LogP contribution in [0.4, 0.5) is 30.2 Å². The first-order valence-corrected chi connectivity index (χ1v) is 10.1. The van der Waals surface area contributed by atoms with Gasteiger partial charge in [0.15, 0.2) is 0 Å². The number of benzene rings is 2. The van der Waals surface area contributed by atoms with E-state index in [-0.39, 0.29) is 22.6 Å². The van der Waals surface area contributed by atoms with E-state index in [4.69, 9.17) is 0 Å². The summed E-state index contributed by atoms with van der Waals surface area (Å²) in [7, 11) is 0. The number of carboxylic acids is 2. The van der Waals surface area contributed by atoms with Crippen LogP contribution in [0.25, 0.3) is 0 Å². The number of anilines is 3. The van der Waals surface area contributed by atoms with Gasteiger partial charge in [0.1, 0.15) is 0 Å². The largest absolute Gasteiger partial charge is 0.481 e. The number of nitrogens with one attached hydrogen (secondary N) is 2. The lowest BCUT2D eigenvalue weighted by atomic mass is 9.76. The molecule has 9 nitrogen and oxygen atoms in total. The van der Waals surface area contributed by atoms with Crippen LogP contribution >= 0.6 is 0 Å². The summed E-state index contributed by atoms with van der Waals surface area (Å²) < 4.78 is 39.9. The Morgan fingerprint density at radius 2 is 1.47 bits per heavy atom. The first kappa shape index (κ1) is 25.0. The highest BCUT2D eigenvalue weighted by atomic mass is 19.4. The van der Waals surface area contributed by atoms with Crippen molar-refractivity contribution in [3.8, 4) is 0 Å². The van der Waals surface area contributed by atoms with Crippen molar-refractivity contribution in [1.29, 1.82) is 0 Å². The van der Waals surface area contributed by atoms with Crippen LogP contribution in [0.2, 0.25) is 0 Å². The van der Waals surface area contributed by atoms with Crippen molar-refractivity contribution >= 4 is 34.9 Å². The fraction of sp³-hybridized carbons (Fsp3) is 0.318. The highest BCUT2D eigenvalue weighted by molar-refractivity contribution is 6.00. The van der Waals surface area contributed by atoms with Gasteiger partial charge in [-0.1, -0.05) is 12.1 Å². The normalized spacial score (nSPS) is 22.6. The van der Waals surface area contributed by atoms with Gasteiger partial charge >= 0.3 is 18.1 Å². The topological polar surface area (TPSA) is 156 Å². The monoisotopic (exact) mass is 482 g/mol. The maximum Gasteiger partial charge on any atom is 0.416 e. The van der Waals surface area contributed by atoms with Crippen molar-refractivity contribution in [3.63, 3.8) is 0 Å². The Morgan fingerprint density at radius 3 is 2.06 bits per heavy atom. The fourth-order valence-corrected chi connectivity index (χ4v) is 3.81. The lowest BCUT2D eigenvalue weighted by Gasteiger charge is -2.34. The Hall–Kier alpha value is -3.64. The number of hydrogen-bond acceptors (Lipinski definition) is 6. The SMILES string of the molecule is O=C(O)c1ccccc1Nc1ccc(C(F)(F)F)cc1NC(=O)[C@H]1CC(O)C(O)C[C@H]1C(=O)O. The van der Waals surface area contributed by atoms with Crippen molar-refractivity contribution in [1.82, 2.24) is 0 Å². The third kappa shape index (κ3) is 5.46. The summed E-state index contributed by atoms with van der Waals surface area (Å²) >= 11 is 0. The minimum Gasteiger partial charge on any atom is -0.481 e. The number of carbonyl (C=O) groups excluding carboxylic acids is 1. The van der Waals surface area contributed by atoms with Crippen molar-refractivity contribution < 1.29 is 48.0 Å². The molecular formula is C22H21F3N2O7. The summed E-state index contributed by atoms with van der Waals surface area (Å²) in [5, 5.41) is 43.4. The van der Waals surface area contributed by atoms with Gasteiger partial charge < -0.3 is 31.1 Å². The number of hydrogen-bond donors (Lipinski definition) is 6. The molecule has 0 aliphatic heterocycles. The molecule has 34 heavy (non-hydrogen) atoms. The molecule has 0 heterocycles. The highest BCUT2D eigenvalue weighted by Gasteiger charge is 2.43. The molecule has 1 aliphatic rings. The number of rotatable bonds is 6. The summed E-state index contributed by atoms with van der Waals surface area (Å²) in [5.74, 6) is -6.35. The van der Waals surface area contributed by atoms with E-state index < -0.39 is 66.5 Å². The maximum absolute atomic E-state index is 13.3. The second-order valence-electron chi connectivity index (χ2n) is 7.88. The Kier molecular flexibility index (Phi) is 7.12. The van der Waals surface area contributed by atoms with Gasteiger partial charge in [-0.3, -0.25) is 9.59 Å². The highest BCUT2D eigenvalue weighted by Crippen LogP contribution is 2.37. The number of amides is 1. The molecule has 1 saturated carbocycles. The molecule has 182 valence electrons. The average Bonchev–Trinajstić information content (AvgIpc) is 2.75. The predicted octanol–water partition coefficient (Wildman–Crippen LogP) is 2.92. The van der Waals surface area contributed by atoms with Gasteiger partial charge in [0.2, 0.25) is 5.91 Å². The standard InChI is InChI=1S/C22H21F3N2O7/c23-22(24,25)10-5-6-15(26-14-4-2-1-3-11(14)20(31)32)16(7-10)27-19(30)12-8-17(28)18(29)9-13(12)21(33)34/h1-7,12-13,17-18,26,28-29H,8-9H2,(H,27,30)(H,31,32)(H,33,34)/t12-,13+,17?,18?/m0/s1. The Labute approximate surface area is 190 Å². The molecular weight excluding hydrogens is 461 g/mol. The molecule has 1 aliphatic carbocycles. The van der Waals surface area contributed by atoms with Crippen LogP contribution < -0.4 is 10.6 Å².